The Hall–Kier alpha value is -1.93. The molecular weight excluding hydrogens is 342 g/mol. The first kappa shape index (κ1) is 17.4. The number of nitrogens with zero attached hydrogens (tertiary/aromatic N) is 2. The molecule has 7 nitrogen and oxygen atoms in total. The number of hydrogen-bond acceptors (Lipinski definition) is 6. The second kappa shape index (κ2) is 7.56. The van der Waals surface area contributed by atoms with E-state index in [0.29, 0.717) is 23.6 Å². The Balaban J connectivity index is 2.02. The second-order valence-electron chi connectivity index (χ2n) is 4.80. The Morgan fingerprint density at radius 3 is 2.83 bits per heavy atom. The third-order valence-electron chi connectivity index (χ3n) is 2.94. The highest BCUT2D eigenvalue weighted by Gasteiger charge is 2.23. The monoisotopic (exact) mass is 357 g/mol. The van der Waals surface area contributed by atoms with Gasteiger partial charge in [0.15, 0.2) is 0 Å². The van der Waals surface area contributed by atoms with Gasteiger partial charge in [0, 0.05) is 24.4 Å². The molecule has 0 spiro atoms. The van der Waals surface area contributed by atoms with Gasteiger partial charge < -0.3 is 9.73 Å². The highest BCUT2D eigenvalue weighted by atomic mass is 35.5. The van der Waals surface area contributed by atoms with Crippen molar-refractivity contribution >= 4 is 27.3 Å². The molecule has 0 unspecified atom stereocenters. The van der Waals surface area contributed by atoms with E-state index in [1.807, 2.05) is 0 Å². The van der Waals surface area contributed by atoms with E-state index in [2.05, 4.69) is 15.5 Å². The fourth-order valence-electron chi connectivity index (χ4n) is 1.81. The molecule has 2 rings (SSSR count). The van der Waals surface area contributed by atoms with Crippen LogP contribution >= 0.6 is 11.6 Å². The molecule has 1 heterocycles. The molecule has 2 aromatic rings. The molecule has 9 heteroatoms. The number of aromatic nitrogens is 2. The van der Waals surface area contributed by atoms with E-state index in [1.54, 1.807) is 31.2 Å². The first-order valence-corrected chi connectivity index (χ1v) is 9.00. The largest absolute Gasteiger partial charge is 0.412 e. The molecule has 1 aromatic heterocycles. The predicted molar refractivity (Wildman–Crippen MR) is 83.6 cm³/mol. The van der Waals surface area contributed by atoms with Crippen LogP contribution in [0.1, 0.15) is 24.8 Å². The van der Waals surface area contributed by atoms with E-state index < -0.39 is 15.1 Å². The van der Waals surface area contributed by atoms with Gasteiger partial charge in [-0.25, -0.2) is 8.42 Å². The lowest BCUT2D eigenvalue weighted by atomic mass is 10.2. The van der Waals surface area contributed by atoms with Crippen molar-refractivity contribution in [3.05, 3.63) is 40.7 Å². The molecule has 1 amide bonds. The maximum Gasteiger partial charge on any atom is 0.335 e. The summed E-state index contributed by atoms with van der Waals surface area (Å²) in [5, 5.41) is 9.93. The normalized spacial score (nSPS) is 11.4. The zero-order valence-electron chi connectivity index (χ0n) is 12.5. The van der Waals surface area contributed by atoms with Gasteiger partial charge in [-0.2, -0.15) is 0 Å². The van der Waals surface area contributed by atoms with Crippen molar-refractivity contribution in [1.29, 1.82) is 0 Å². The Kier molecular flexibility index (Phi) is 5.73. The van der Waals surface area contributed by atoms with E-state index in [-0.39, 0.29) is 24.0 Å². The Morgan fingerprint density at radius 1 is 1.35 bits per heavy atom. The van der Waals surface area contributed by atoms with Crippen molar-refractivity contribution in [2.75, 3.05) is 6.54 Å². The molecule has 23 heavy (non-hydrogen) atoms. The Labute approximate surface area is 139 Å². The molecule has 0 radical (unpaired) electrons. The molecule has 0 aliphatic carbocycles. The van der Waals surface area contributed by atoms with Gasteiger partial charge in [0.1, 0.15) is 0 Å². The molecule has 0 saturated carbocycles. The van der Waals surface area contributed by atoms with E-state index in [9.17, 15) is 13.2 Å². The number of nitrogens with one attached hydrogen (secondary N) is 1. The van der Waals surface area contributed by atoms with Crippen LogP contribution in [0.25, 0.3) is 0 Å². The van der Waals surface area contributed by atoms with Crippen molar-refractivity contribution in [1.82, 2.24) is 15.5 Å². The molecule has 0 saturated heterocycles. The van der Waals surface area contributed by atoms with E-state index >= 15 is 0 Å². The number of halogens is 1. The lowest BCUT2D eigenvalue weighted by Gasteiger charge is -2.01. The van der Waals surface area contributed by atoms with Crippen molar-refractivity contribution < 1.29 is 17.6 Å². The number of amides is 1. The van der Waals surface area contributed by atoms with E-state index in [0.717, 1.165) is 0 Å². The van der Waals surface area contributed by atoms with Crippen LogP contribution < -0.4 is 5.32 Å². The summed E-state index contributed by atoms with van der Waals surface area (Å²) >= 11 is 5.84. The summed E-state index contributed by atoms with van der Waals surface area (Å²) < 4.78 is 29.7. The van der Waals surface area contributed by atoms with Gasteiger partial charge in [0.2, 0.25) is 21.6 Å². The summed E-state index contributed by atoms with van der Waals surface area (Å²) in [6.45, 7) is 2.05. The maximum atomic E-state index is 12.2. The van der Waals surface area contributed by atoms with Crippen LogP contribution in [0.4, 0.5) is 0 Å². The molecule has 1 N–H and O–H groups in total. The van der Waals surface area contributed by atoms with Crippen LogP contribution in [0.15, 0.2) is 33.9 Å². The third-order valence-corrected chi connectivity index (χ3v) is 4.59. The summed E-state index contributed by atoms with van der Waals surface area (Å²) in [7, 11) is -3.74. The number of hydrogen-bond donors (Lipinski definition) is 1. The minimum absolute atomic E-state index is 0.0988. The van der Waals surface area contributed by atoms with Crippen LogP contribution in [-0.2, 0) is 26.8 Å². The average molecular weight is 358 g/mol. The maximum absolute atomic E-state index is 12.2. The van der Waals surface area contributed by atoms with Crippen molar-refractivity contribution in [3.63, 3.8) is 0 Å². The highest BCUT2D eigenvalue weighted by molar-refractivity contribution is 7.90. The molecule has 0 atom stereocenters. The molecule has 124 valence electrons. The Morgan fingerprint density at radius 2 is 2.13 bits per heavy atom. The quantitative estimate of drug-likeness (QED) is 0.810. The van der Waals surface area contributed by atoms with E-state index in [1.165, 1.54) is 0 Å². The van der Waals surface area contributed by atoms with Gasteiger partial charge in [-0.05, 0) is 17.7 Å². The van der Waals surface area contributed by atoms with Crippen molar-refractivity contribution in [2.24, 2.45) is 0 Å². The molecule has 0 aliphatic heterocycles. The highest BCUT2D eigenvalue weighted by Crippen LogP contribution is 2.18. The van der Waals surface area contributed by atoms with Gasteiger partial charge in [0.05, 0.1) is 5.75 Å². The van der Waals surface area contributed by atoms with Gasteiger partial charge >= 0.3 is 5.22 Å². The fraction of sp³-hybridized carbons (Fsp3) is 0.357. The summed E-state index contributed by atoms with van der Waals surface area (Å²) in [5.74, 6) is -0.216. The molecule has 1 aromatic carbocycles. The number of rotatable bonds is 7. The summed E-state index contributed by atoms with van der Waals surface area (Å²) in [6, 6.07) is 6.55. The molecule has 0 bridgehead atoms. The first-order valence-electron chi connectivity index (χ1n) is 6.97. The number of sulfone groups is 1. The fourth-order valence-corrected chi connectivity index (χ4v) is 3.15. The van der Waals surface area contributed by atoms with Crippen molar-refractivity contribution in [3.8, 4) is 0 Å². The SMILES string of the molecule is CCC(=O)NCCc1nnc(S(=O)(=O)Cc2cccc(Cl)c2)o1. The van der Waals surface area contributed by atoms with E-state index in [4.69, 9.17) is 16.0 Å². The number of carbonyl (C=O) groups excluding carboxylic acids is 1. The minimum Gasteiger partial charge on any atom is -0.412 e. The van der Waals surface area contributed by atoms with Crippen LogP contribution in [0, 0.1) is 0 Å². The lowest BCUT2D eigenvalue weighted by molar-refractivity contribution is -0.120. The predicted octanol–water partition coefficient (Wildman–Crippen LogP) is 1.77. The molecule has 0 aliphatic rings. The lowest BCUT2D eigenvalue weighted by Crippen LogP contribution is -2.24. The third kappa shape index (κ3) is 5.04. The zero-order valence-corrected chi connectivity index (χ0v) is 14.0. The average Bonchev–Trinajstić information content (AvgIpc) is 2.96. The molecular formula is C14H16ClN3O4S. The Bertz CT molecular complexity index is 789. The zero-order chi connectivity index (χ0) is 16.9. The topological polar surface area (TPSA) is 102 Å². The molecule has 0 fully saturated rings. The summed E-state index contributed by atoms with van der Waals surface area (Å²) in [5.41, 5.74) is 0.535. The van der Waals surface area contributed by atoms with Gasteiger partial charge in [-0.1, -0.05) is 35.8 Å². The summed E-state index contributed by atoms with van der Waals surface area (Å²) in [4.78, 5) is 11.1. The van der Waals surface area contributed by atoms with Crippen molar-refractivity contribution in [2.45, 2.75) is 30.7 Å². The second-order valence-corrected chi connectivity index (χ2v) is 7.11. The van der Waals surface area contributed by atoms with Crippen LogP contribution in [0.5, 0.6) is 0 Å². The van der Waals surface area contributed by atoms with Crippen LogP contribution in [0.3, 0.4) is 0 Å². The first-order chi connectivity index (χ1) is 10.9. The van der Waals surface area contributed by atoms with Crippen LogP contribution in [-0.4, -0.2) is 31.1 Å². The van der Waals surface area contributed by atoms with Gasteiger partial charge in [-0.3, -0.25) is 4.79 Å². The summed E-state index contributed by atoms with van der Waals surface area (Å²) in [6.07, 6.45) is 0.647. The number of carbonyl (C=O) groups is 1. The smallest absolute Gasteiger partial charge is 0.335 e. The van der Waals surface area contributed by atoms with Gasteiger partial charge in [0.25, 0.3) is 0 Å². The minimum atomic E-state index is -3.74. The van der Waals surface area contributed by atoms with Crippen LogP contribution in [0.2, 0.25) is 5.02 Å². The van der Waals surface area contributed by atoms with Gasteiger partial charge in [-0.15, -0.1) is 5.10 Å². The standard InChI is InChI=1S/C14H16ClN3O4S/c1-2-12(19)16-7-6-13-17-18-14(22-13)23(20,21)9-10-4-3-5-11(15)8-10/h3-5,8H,2,6-7,9H2,1H3,(H,16,19). The number of benzene rings is 1.